The summed E-state index contributed by atoms with van der Waals surface area (Å²) < 4.78 is 6.11. The molecule has 0 bridgehead atoms. The van der Waals surface area contributed by atoms with Crippen molar-refractivity contribution in [2.45, 2.75) is 66.4 Å². The average molecular weight is 367 g/mol. The summed E-state index contributed by atoms with van der Waals surface area (Å²) in [5, 5.41) is 7.00. The number of aliphatic imine (C=N–C) groups is 1. The molecular formula is C21H42N4O. The second-order valence-electron chi connectivity index (χ2n) is 9.27. The Bertz CT molecular complexity index is 426. The Morgan fingerprint density at radius 2 is 1.92 bits per heavy atom. The van der Waals surface area contributed by atoms with Gasteiger partial charge in [0.1, 0.15) is 0 Å². The lowest BCUT2D eigenvalue weighted by atomic mass is 9.78. The third-order valence-corrected chi connectivity index (χ3v) is 5.50. The quantitative estimate of drug-likeness (QED) is 0.537. The van der Waals surface area contributed by atoms with E-state index in [-0.39, 0.29) is 5.41 Å². The molecule has 2 heterocycles. The minimum atomic E-state index is 0.187. The van der Waals surface area contributed by atoms with E-state index in [4.69, 9.17) is 9.73 Å². The van der Waals surface area contributed by atoms with Crippen molar-refractivity contribution in [2.24, 2.45) is 22.2 Å². The van der Waals surface area contributed by atoms with Crippen molar-refractivity contribution < 1.29 is 4.74 Å². The predicted octanol–water partition coefficient (Wildman–Crippen LogP) is 3.11. The highest BCUT2D eigenvalue weighted by Gasteiger charge is 2.35. The first-order chi connectivity index (χ1) is 12.4. The smallest absolute Gasteiger partial charge is 0.191 e. The van der Waals surface area contributed by atoms with Gasteiger partial charge in [-0.1, -0.05) is 27.7 Å². The summed E-state index contributed by atoms with van der Waals surface area (Å²) in [5.74, 6) is 2.11. The molecule has 152 valence electrons. The molecule has 2 saturated heterocycles. The first kappa shape index (κ1) is 21.5. The maximum Gasteiger partial charge on any atom is 0.191 e. The number of likely N-dealkylation sites (tertiary alicyclic amines) is 1. The molecule has 3 atom stereocenters. The Balaban J connectivity index is 1.83. The Kier molecular flexibility index (Phi) is 8.68. The van der Waals surface area contributed by atoms with Crippen molar-refractivity contribution in [1.29, 1.82) is 0 Å². The molecule has 5 heteroatoms. The molecule has 0 aliphatic carbocycles. The second kappa shape index (κ2) is 10.5. The summed E-state index contributed by atoms with van der Waals surface area (Å²) in [5.41, 5.74) is 0.187. The van der Waals surface area contributed by atoms with E-state index in [1.165, 1.54) is 45.3 Å². The molecule has 0 amide bonds. The van der Waals surface area contributed by atoms with Crippen LogP contribution in [0.5, 0.6) is 0 Å². The maximum atomic E-state index is 6.11. The topological polar surface area (TPSA) is 48.9 Å². The summed E-state index contributed by atoms with van der Waals surface area (Å²) in [6.45, 7) is 18.6. The Labute approximate surface area is 161 Å². The first-order valence-corrected chi connectivity index (χ1v) is 10.8. The molecular weight excluding hydrogens is 324 g/mol. The molecule has 5 nitrogen and oxygen atoms in total. The van der Waals surface area contributed by atoms with Gasteiger partial charge in [0.05, 0.1) is 6.10 Å². The Morgan fingerprint density at radius 3 is 2.58 bits per heavy atom. The summed E-state index contributed by atoms with van der Waals surface area (Å²) in [6.07, 6.45) is 5.44. The zero-order chi connectivity index (χ0) is 19.0. The number of ether oxygens (including phenoxy) is 1. The fourth-order valence-corrected chi connectivity index (χ4v) is 4.29. The SMILES string of the molecule is CCNC(=NCC(C)CN1CCCC1)NCC1CCCOC1C(C)(C)C. The molecule has 2 N–H and O–H groups in total. The van der Waals surface area contributed by atoms with E-state index in [2.05, 4.69) is 50.2 Å². The minimum Gasteiger partial charge on any atom is -0.377 e. The Hall–Kier alpha value is -0.810. The van der Waals surface area contributed by atoms with E-state index in [1.54, 1.807) is 0 Å². The van der Waals surface area contributed by atoms with Gasteiger partial charge in [0.2, 0.25) is 0 Å². The largest absolute Gasteiger partial charge is 0.377 e. The van der Waals surface area contributed by atoms with Crippen molar-refractivity contribution in [2.75, 3.05) is 45.9 Å². The van der Waals surface area contributed by atoms with Crippen LogP contribution in [0.15, 0.2) is 4.99 Å². The van der Waals surface area contributed by atoms with E-state index in [0.29, 0.717) is 17.9 Å². The molecule has 2 fully saturated rings. The van der Waals surface area contributed by atoms with E-state index < -0.39 is 0 Å². The van der Waals surface area contributed by atoms with Crippen molar-refractivity contribution in [3.05, 3.63) is 0 Å². The molecule has 0 saturated carbocycles. The van der Waals surface area contributed by atoms with Gasteiger partial charge in [0, 0.05) is 38.7 Å². The van der Waals surface area contributed by atoms with Gasteiger partial charge in [-0.3, -0.25) is 4.99 Å². The molecule has 2 aliphatic rings. The second-order valence-corrected chi connectivity index (χ2v) is 9.27. The summed E-state index contributed by atoms with van der Waals surface area (Å²) in [4.78, 5) is 7.43. The van der Waals surface area contributed by atoms with Gasteiger partial charge in [0.25, 0.3) is 0 Å². The van der Waals surface area contributed by atoms with Gasteiger partial charge < -0.3 is 20.3 Å². The van der Waals surface area contributed by atoms with Gasteiger partial charge in [0.15, 0.2) is 5.96 Å². The molecule has 0 radical (unpaired) electrons. The maximum absolute atomic E-state index is 6.11. The monoisotopic (exact) mass is 366 g/mol. The molecule has 2 aliphatic heterocycles. The third-order valence-electron chi connectivity index (χ3n) is 5.50. The van der Waals surface area contributed by atoms with Crippen LogP contribution in [0.3, 0.4) is 0 Å². The van der Waals surface area contributed by atoms with E-state index in [9.17, 15) is 0 Å². The molecule has 0 aromatic carbocycles. The number of nitrogens with one attached hydrogen (secondary N) is 2. The summed E-state index contributed by atoms with van der Waals surface area (Å²) in [6, 6.07) is 0. The molecule has 0 aromatic rings. The van der Waals surface area contributed by atoms with Crippen LogP contribution in [0.1, 0.15) is 60.3 Å². The van der Waals surface area contributed by atoms with Crippen molar-refractivity contribution in [1.82, 2.24) is 15.5 Å². The van der Waals surface area contributed by atoms with Crippen LogP contribution in [-0.2, 0) is 4.74 Å². The van der Waals surface area contributed by atoms with Crippen LogP contribution in [0.2, 0.25) is 0 Å². The number of hydrogen-bond donors (Lipinski definition) is 2. The van der Waals surface area contributed by atoms with Gasteiger partial charge in [-0.15, -0.1) is 0 Å². The molecule has 2 rings (SSSR count). The first-order valence-electron chi connectivity index (χ1n) is 10.8. The van der Waals surface area contributed by atoms with Crippen molar-refractivity contribution in [3.8, 4) is 0 Å². The summed E-state index contributed by atoms with van der Waals surface area (Å²) in [7, 11) is 0. The van der Waals surface area contributed by atoms with Gasteiger partial charge in [-0.05, 0) is 57.0 Å². The Morgan fingerprint density at radius 1 is 1.19 bits per heavy atom. The highest BCUT2D eigenvalue weighted by Crippen LogP contribution is 2.33. The molecule has 0 spiro atoms. The fraction of sp³-hybridized carbons (Fsp3) is 0.952. The van der Waals surface area contributed by atoms with Crippen LogP contribution >= 0.6 is 0 Å². The van der Waals surface area contributed by atoms with E-state index in [1.807, 2.05) is 0 Å². The summed E-state index contributed by atoms with van der Waals surface area (Å²) >= 11 is 0. The number of hydrogen-bond acceptors (Lipinski definition) is 3. The highest BCUT2D eigenvalue weighted by atomic mass is 16.5. The van der Waals surface area contributed by atoms with Crippen LogP contribution in [0, 0.1) is 17.3 Å². The van der Waals surface area contributed by atoms with Crippen molar-refractivity contribution >= 4 is 5.96 Å². The lowest BCUT2D eigenvalue weighted by Gasteiger charge is -2.40. The zero-order valence-electron chi connectivity index (χ0n) is 17.8. The molecule has 3 unspecified atom stereocenters. The number of nitrogens with zero attached hydrogens (tertiary/aromatic N) is 2. The van der Waals surface area contributed by atoms with Gasteiger partial charge in [-0.2, -0.15) is 0 Å². The fourth-order valence-electron chi connectivity index (χ4n) is 4.29. The van der Waals surface area contributed by atoms with Crippen LogP contribution < -0.4 is 10.6 Å². The zero-order valence-corrected chi connectivity index (χ0v) is 17.8. The standard InChI is InChI=1S/C21H42N4O/c1-6-22-20(23-14-17(2)16-25-11-7-8-12-25)24-15-18-10-9-13-26-19(18)21(3,4)5/h17-19H,6-16H2,1-5H3,(H2,22,23,24). The van der Waals surface area contributed by atoms with Gasteiger partial charge >= 0.3 is 0 Å². The average Bonchev–Trinajstić information content (AvgIpc) is 3.09. The number of rotatable bonds is 7. The van der Waals surface area contributed by atoms with E-state index in [0.717, 1.165) is 32.2 Å². The van der Waals surface area contributed by atoms with Crippen LogP contribution in [0.25, 0.3) is 0 Å². The number of guanidine groups is 1. The lowest BCUT2D eigenvalue weighted by molar-refractivity contribution is -0.0835. The minimum absolute atomic E-state index is 0.187. The van der Waals surface area contributed by atoms with Gasteiger partial charge in [-0.25, -0.2) is 0 Å². The normalized spacial score (nSPS) is 26.7. The van der Waals surface area contributed by atoms with Crippen molar-refractivity contribution in [3.63, 3.8) is 0 Å². The third kappa shape index (κ3) is 7.07. The highest BCUT2D eigenvalue weighted by molar-refractivity contribution is 5.79. The molecule has 26 heavy (non-hydrogen) atoms. The molecule has 0 aromatic heterocycles. The van der Waals surface area contributed by atoms with E-state index >= 15 is 0 Å². The lowest BCUT2D eigenvalue weighted by Crippen LogP contribution is -2.47. The van der Waals surface area contributed by atoms with Crippen LogP contribution in [-0.4, -0.2) is 62.8 Å². The van der Waals surface area contributed by atoms with Crippen LogP contribution in [0.4, 0.5) is 0 Å². The predicted molar refractivity (Wildman–Crippen MR) is 111 cm³/mol.